The highest BCUT2D eigenvalue weighted by Crippen LogP contribution is 2.60. The second kappa shape index (κ2) is 4.74. The smallest absolute Gasteiger partial charge is 0.119 e. The average molecular weight is 286 g/mol. The van der Waals surface area contributed by atoms with Gasteiger partial charge >= 0.3 is 0 Å². The van der Waals surface area contributed by atoms with Crippen LogP contribution in [-0.2, 0) is 6.42 Å². The molecule has 4 rings (SSSR count). The summed E-state index contributed by atoms with van der Waals surface area (Å²) in [6.07, 6.45) is 7.04. The lowest BCUT2D eigenvalue weighted by Gasteiger charge is -2.49. The van der Waals surface area contributed by atoms with E-state index in [4.69, 9.17) is 4.74 Å². The minimum Gasteiger partial charge on any atom is -0.497 e. The molecular formula is C19H26O2. The molecule has 0 saturated heterocycles. The van der Waals surface area contributed by atoms with Gasteiger partial charge in [-0.1, -0.05) is 13.0 Å². The number of aliphatic hydroxyl groups excluding tert-OH is 1. The molecule has 114 valence electrons. The Morgan fingerprint density at radius 1 is 1.29 bits per heavy atom. The molecule has 3 aliphatic rings. The number of aryl methyl sites for hydroxylation is 1. The molecule has 3 aliphatic carbocycles. The number of ether oxygens (including phenoxy) is 1. The van der Waals surface area contributed by atoms with Crippen LogP contribution in [0.25, 0.3) is 0 Å². The van der Waals surface area contributed by atoms with Gasteiger partial charge in [0.1, 0.15) is 5.75 Å². The van der Waals surface area contributed by atoms with Gasteiger partial charge in [0.15, 0.2) is 0 Å². The van der Waals surface area contributed by atoms with E-state index in [0.717, 1.165) is 30.4 Å². The average Bonchev–Trinajstić information content (AvgIpc) is 2.80. The highest BCUT2D eigenvalue weighted by molar-refractivity contribution is 5.40. The molecule has 0 spiro atoms. The monoisotopic (exact) mass is 286 g/mol. The summed E-state index contributed by atoms with van der Waals surface area (Å²) in [7, 11) is 1.75. The number of methoxy groups -OCH3 is 1. The number of aliphatic hydroxyl groups is 1. The molecule has 1 aromatic rings. The van der Waals surface area contributed by atoms with Crippen LogP contribution in [0.2, 0.25) is 0 Å². The first-order chi connectivity index (χ1) is 10.1. The van der Waals surface area contributed by atoms with Gasteiger partial charge in [0.05, 0.1) is 13.2 Å². The molecule has 0 bridgehead atoms. The Kier molecular flexibility index (Phi) is 3.08. The Hall–Kier alpha value is -1.02. The number of rotatable bonds is 1. The predicted molar refractivity (Wildman–Crippen MR) is 83.6 cm³/mol. The van der Waals surface area contributed by atoms with E-state index in [1.54, 1.807) is 12.7 Å². The number of hydrogen-bond donors (Lipinski definition) is 1. The maximum atomic E-state index is 10.2. The molecule has 0 heterocycles. The van der Waals surface area contributed by atoms with Crippen LogP contribution in [0.5, 0.6) is 5.75 Å². The van der Waals surface area contributed by atoms with Gasteiger partial charge in [-0.25, -0.2) is 0 Å². The van der Waals surface area contributed by atoms with Gasteiger partial charge in [0.25, 0.3) is 0 Å². The third-order valence-corrected chi connectivity index (χ3v) is 6.68. The minimum absolute atomic E-state index is 0.0592. The molecule has 2 saturated carbocycles. The molecule has 0 aliphatic heterocycles. The fraction of sp³-hybridized carbons (Fsp3) is 0.684. The van der Waals surface area contributed by atoms with E-state index in [0.29, 0.717) is 11.3 Å². The lowest BCUT2D eigenvalue weighted by Crippen LogP contribution is -2.39. The highest BCUT2D eigenvalue weighted by atomic mass is 16.5. The molecule has 0 aromatic heterocycles. The van der Waals surface area contributed by atoms with Crippen LogP contribution >= 0.6 is 0 Å². The fourth-order valence-corrected chi connectivity index (χ4v) is 5.71. The van der Waals surface area contributed by atoms with Crippen molar-refractivity contribution in [3.63, 3.8) is 0 Å². The normalized spacial score (nSPS) is 41.1. The molecule has 21 heavy (non-hydrogen) atoms. The van der Waals surface area contributed by atoms with Crippen LogP contribution in [0.3, 0.4) is 0 Å². The van der Waals surface area contributed by atoms with Crippen molar-refractivity contribution >= 4 is 0 Å². The zero-order valence-corrected chi connectivity index (χ0v) is 13.1. The van der Waals surface area contributed by atoms with Crippen LogP contribution < -0.4 is 4.74 Å². The van der Waals surface area contributed by atoms with Crippen LogP contribution in [0.15, 0.2) is 18.2 Å². The molecule has 0 radical (unpaired) electrons. The fourth-order valence-electron chi connectivity index (χ4n) is 5.71. The van der Waals surface area contributed by atoms with Crippen molar-refractivity contribution in [1.29, 1.82) is 0 Å². The van der Waals surface area contributed by atoms with Crippen molar-refractivity contribution in [2.24, 2.45) is 17.3 Å². The van der Waals surface area contributed by atoms with Gasteiger partial charge in [-0.3, -0.25) is 0 Å². The van der Waals surface area contributed by atoms with Crippen molar-refractivity contribution in [3.05, 3.63) is 29.3 Å². The van der Waals surface area contributed by atoms with Gasteiger partial charge in [0, 0.05) is 0 Å². The summed E-state index contributed by atoms with van der Waals surface area (Å²) in [6.45, 7) is 2.42. The van der Waals surface area contributed by atoms with Gasteiger partial charge in [0.2, 0.25) is 0 Å². The summed E-state index contributed by atoms with van der Waals surface area (Å²) < 4.78 is 5.38. The first kappa shape index (κ1) is 13.6. The molecule has 2 heteroatoms. The first-order valence-corrected chi connectivity index (χ1v) is 8.45. The van der Waals surface area contributed by atoms with E-state index in [1.165, 1.54) is 31.2 Å². The SMILES string of the molecule is COc1ccc2c(c1)CC[C@H]1[C@H]2CC[C@]2(C)C[C@@H](O)C[C@@H]12. The molecular weight excluding hydrogens is 260 g/mol. The topological polar surface area (TPSA) is 29.5 Å². The third-order valence-electron chi connectivity index (χ3n) is 6.68. The quantitative estimate of drug-likeness (QED) is 0.848. The molecule has 5 atom stereocenters. The Morgan fingerprint density at radius 3 is 2.95 bits per heavy atom. The standard InChI is InChI=1S/C19H26O2/c1-19-8-7-16-15-6-4-14(21-2)9-12(15)3-5-17(16)18(19)10-13(20)11-19/h4,6,9,13,16-18,20H,3,5,7-8,10-11H2,1-2H3/t13-,16-,17-,18-,19+/m0/s1. The summed E-state index contributed by atoms with van der Waals surface area (Å²) in [6, 6.07) is 6.67. The van der Waals surface area contributed by atoms with Crippen LogP contribution in [0.1, 0.15) is 56.1 Å². The van der Waals surface area contributed by atoms with Crippen LogP contribution in [0.4, 0.5) is 0 Å². The van der Waals surface area contributed by atoms with Gasteiger partial charge in [-0.05, 0) is 85.0 Å². The van der Waals surface area contributed by atoms with Crippen LogP contribution in [-0.4, -0.2) is 18.3 Å². The van der Waals surface area contributed by atoms with Crippen molar-refractivity contribution in [2.45, 2.75) is 57.5 Å². The second-order valence-electron chi connectivity index (χ2n) is 7.77. The van der Waals surface area contributed by atoms with Crippen molar-refractivity contribution < 1.29 is 9.84 Å². The summed E-state index contributed by atoms with van der Waals surface area (Å²) in [5.41, 5.74) is 3.46. The van der Waals surface area contributed by atoms with Gasteiger partial charge in [-0.2, -0.15) is 0 Å². The number of benzene rings is 1. The lowest BCUT2D eigenvalue weighted by molar-refractivity contribution is 0.0596. The Balaban J connectivity index is 1.68. The van der Waals surface area contributed by atoms with E-state index in [-0.39, 0.29) is 6.10 Å². The zero-order chi connectivity index (χ0) is 14.6. The highest BCUT2D eigenvalue weighted by Gasteiger charge is 2.52. The Morgan fingerprint density at radius 2 is 2.14 bits per heavy atom. The lowest BCUT2D eigenvalue weighted by atomic mass is 9.56. The Bertz CT molecular complexity index is 552. The van der Waals surface area contributed by atoms with Crippen molar-refractivity contribution in [3.8, 4) is 5.75 Å². The summed E-state index contributed by atoms with van der Waals surface area (Å²) >= 11 is 0. The van der Waals surface area contributed by atoms with E-state index in [2.05, 4.69) is 25.1 Å². The maximum absolute atomic E-state index is 10.2. The van der Waals surface area contributed by atoms with Gasteiger partial charge in [-0.15, -0.1) is 0 Å². The van der Waals surface area contributed by atoms with E-state index < -0.39 is 0 Å². The Labute approximate surface area is 127 Å². The summed E-state index contributed by atoms with van der Waals surface area (Å²) in [5.74, 6) is 3.20. The minimum atomic E-state index is -0.0592. The molecule has 2 nitrogen and oxygen atoms in total. The van der Waals surface area contributed by atoms with Crippen LogP contribution in [0, 0.1) is 17.3 Å². The molecule has 0 unspecified atom stereocenters. The molecule has 2 fully saturated rings. The van der Waals surface area contributed by atoms with Gasteiger partial charge < -0.3 is 9.84 Å². The number of hydrogen-bond acceptors (Lipinski definition) is 2. The third kappa shape index (κ3) is 2.03. The molecule has 1 N–H and O–H groups in total. The summed E-state index contributed by atoms with van der Waals surface area (Å²) in [4.78, 5) is 0. The predicted octanol–water partition coefficient (Wildman–Crippen LogP) is 3.91. The zero-order valence-electron chi connectivity index (χ0n) is 13.1. The van der Waals surface area contributed by atoms with E-state index in [9.17, 15) is 5.11 Å². The molecule has 0 amide bonds. The first-order valence-electron chi connectivity index (χ1n) is 8.45. The second-order valence-corrected chi connectivity index (χ2v) is 7.77. The van der Waals surface area contributed by atoms with E-state index in [1.807, 2.05) is 0 Å². The number of fused-ring (bicyclic) bond motifs is 5. The molecule has 1 aromatic carbocycles. The van der Waals surface area contributed by atoms with E-state index >= 15 is 0 Å². The van der Waals surface area contributed by atoms with Crippen molar-refractivity contribution in [1.82, 2.24) is 0 Å². The summed E-state index contributed by atoms with van der Waals surface area (Å²) in [5, 5.41) is 10.2. The largest absolute Gasteiger partial charge is 0.497 e. The maximum Gasteiger partial charge on any atom is 0.119 e. The van der Waals surface area contributed by atoms with Crippen molar-refractivity contribution in [2.75, 3.05) is 7.11 Å².